The smallest absolute Gasteiger partial charge is 0.287 e. The summed E-state index contributed by atoms with van der Waals surface area (Å²) in [6.45, 7) is 0.314. The van der Waals surface area contributed by atoms with E-state index in [1.165, 1.54) is 12.1 Å². The maximum atomic E-state index is 13.0. The Morgan fingerprint density at radius 3 is 2.76 bits per heavy atom. The van der Waals surface area contributed by atoms with Gasteiger partial charge in [0.25, 0.3) is 5.91 Å². The maximum Gasteiger partial charge on any atom is 0.287 e. The van der Waals surface area contributed by atoms with E-state index in [0.29, 0.717) is 12.4 Å². The number of aromatic nitrogens is 2. The van der Waals surface area contributed by atoms with Crippen LogP contribution >= 0.6 is 11.3 Å². The number of carbonyl (C=O) groups excluding carboxylic acids is 1. The predicted octanol–water partition coefficient (Wildman–Crippen LogP) is 4.13. The molecule has 3 heterocycles. The second kappa shape index (κ2) is 6.49. The van der Waals surface area contributed by atoms with Crippen LogP contribution in [0.15, 0.2) is 65.5 Å². The zero-order valence-corrected chi connectivity index (χ0v) is 14.0. The van der Waals surface area contributed by atoms with E-state index in [1.54, 1.807) is 27.9 Å². The van der Waals surface area contributed by atoms with Crippen LogP contribution in [-0.2, 0) is 6.54 Å². The standard InChI is InChI=1S/C19H14FN3OS/c20-15-6-4-13(5-7-15)11-21-19(24)18-22-17(14-8-10-25-12-14)16-3-1-2-9-23(16)18/h1-10,12H,11H2,(H,21,24). The molecule has 4 aromatic rings. The highest BCUT2D eigenvalue weighted by atomic mass is 32.1. The van der Waals surface area contributed by atoms with E-state index in [2.05, 4.69) is 10.3 Å². The molecule has 25 heavy (non-hydrogen) atoms. The molecule has 0 unspecified atom stereocenters. The number of amides is 1. The Balaban J connectivity index is 1.64. The summed E-state index contributed by atoms with van der Waals surface area (Å²) in [6, 6.07) is 13.8. The van der Waals surface area contributed by atoms with E-state index in [1.807, 2.05) is 41.2 Å². The molecule has 0 aliphatic rings. The molecule has 1 aromatic carbocycles. The van der Waals surface area contributed by atoms with Crippen molar-refractivity contribution in [3.63, 3.8) is 0 Å². The Morgan fingerprint density at radius 2 is 2.00 bits per heavy atom. The minimum Gasteiger partial charge on any atom is -0.345 e. The molecular weight excluding hydrogens is 337 g/mol. The van der Waals surface area contributed by atoms with Gasteiger partial charge in [0.15, 0.2) is 0 Å². The molecule has 0 aliphatic heterocycles. The Kier molecular flexibility index (Phi) is 4.03. The summed E-state index contributed by atoms with van der Waals surface area (Å²) in [7, 11) is 0. The van der Waals surface area contributed by atoms with Crippen molar-refractivity contribution in [1.29, 1.82) is 0 Å². The molecule has 0 saturated heterocycles. The number of thiophene rings is 1. The summed E-state index contributed by atoms with van der Waals surface area (Å²) in [5.41, 5.74) is 3.49. The van der Waals surface area contributed by atoms with Crippen LogP contribution in [0.3, 0.4) is 0 Å². The predicted molar refractivity (Wildman–Crippen MR) is 96.1 cm³/mol. The van der Waals surface area contributed by atoms with E-state index in [9.17, 15) is 9.18 Å². The fourth-order valence-electron chi connectivity index (χ4n) is 2.67. The molecule has 0 aliphatic carbocycles. The zero-order valence-electron chi connectivity index (χ0n) is 13.1. The molecule has 1 N–H and O–H groups in total. The van der Waals surface area contributed by atoms with Crippen LogP contribution in [0.1, 0.15) is 16.2 Å². The number of imidazole rings is 1. The third kappa shape index (κ3) is 3.04. The number of pyridine rings is 1. The fraction of sp³-hybridized carbons (Fsp3) is 0.0526. The molecule has 0 saturated carbocycles. The van der Waals surface area contributed by atoms with Crippen molar-refractivity contribution in [2.75, 3.05) is 0 Å². The van der Waals surface area contributed by atoms with Crippen LogP contribution in [0.4, 0.5) is 4.39 Å². The lowest BCUT2D eigenvalue weighted by atomic mass is 10.2. The first kappa shape index (κ1) is 15.5. The highest BCUT2D eigenvalue weighted by Crippen LogP contribution is 2.26. The van der Waals surface area contributed by atoms with Crippen molar-refractivity contribution in [3.05, 3.63) is 82.7 Å². The molecule has 0 bridgehead atoms. The van der Waals surface area contributed by atoms with Gasteiger partial charge in [-0.3, -0.25) is 9.20 Å². The first-order valence-corrected chi connectivity index (χ1v) is 8.69. The van der Waals surface area contributed by atoms with E-state index in [0.717, 1.165) is 22.3 Å². The van der Waals surface area contributed by atoms with Gasteiger partial charge in [-0.1, -0.05) is 18.2 Å². The number of rotatable bonds is 4. The van der Waals surface area contributed by atoms with Gasteiger partial charge >= 0.3 is 0 Å². The monoisotopic (exact) mass is 351 g/mol. The topological polar surface area (TPSA) is 46.4 Å². The maximum absolute atomic E-state index is 13.0. The summed E-state index contributed by atoms with van der Waals surface area (Å²) in [6.07, 6.45) is 1.82. The van der Waals surface area contributed by atoms with Crippen LogP contribution in [0, 0.1) is 5.82 Å². The van der Waals surface area contributed by atoms with Gasteiger partial charge in [0.2, 0.25) is 5.82 Å². The number of hydrogen-bond donors (Lipinski definition) is 1. The Labute approximate surface area is 147 Å². The van der Waals surface area contributed by atoms with Crippen LogP contribution in [0.2, 0.25) is 0 Å². The van der Waals surface area contributed by atoms with Gasteiger partial charge in [-0.25, -0.2) is 9.37 Å². The third-order valence-corrected chi connectivity index (χ3v) is 4.60. The summed E-state index contributed by atoms with van der Waals surface area (Å²) in [5, 5.41) is 6.84. The number of hydrogen-bond acceptors (Lipinski definition) is 3. The molecule has 6 heteroatoms. The van der Waals surface area contributed by atoms with Crippen molar-refractivity contribution >= 4 is 22.8 Å². The summed E-state index contributed by atoms with van der Waals surface area (Å²) < 4.78 is 14.7. The minimum absolute atomic E-state index is 0.271. The van der Waals surface area contributed by atoms with Gasteiger partial charge in [-0.05, 0) is 41.3 Å². The zero-order chi connectivity index (χ0) is 17.2. The van der Waals surface area contributed by atoms with Gasteiger partial charge in [-0.2, -0.15) is 11.3 Å². The number of halogens is 1. The summed E-state index contributed by atoms with van der Waals surface area (Å²) >= 11 is 1.59. The SMILES string of the molecule is O=C(NCc1ccc(F)cc1)c1nc(-c2ccsc2)c2ccccn12. The Morgan fingerprint density at radius 1 is 1.16 bits per heavy atom. The van der Waals surface area contributed by atoms with Crippen molar-refractivity contribution in [2.24, 2.45) is 0 Å². The highest BCUT2D eigenvalue weighted by molar-refractivity contribution is 7.08. The number of nitrogens with zero attached hydrogens (tertiary/aromatic N) is 2. The summed E-state index contributed by atoms with van der Waals surface area (Å²) in [5.74, 6) is -0.236. The molecule has 0 atom stereocenters. The second-order valence-corrected chi connectivity index (χ2v) is 6.34. The molecule has 4 nitrogen and oxygen atoms in total. The molecule has 4 rings (SSSR count). The molecule has 0 radical (unpaired) electrons. The molecule has 1 amide bonds. The lowest BCUT2D eigenvalue weighted by molar-refractivity contribution is 0.0940. The number of nitrogens with one attached hydrogen (secondary N) is 1. The average molecular weight is 351 g/mol. The Bertz CT molecular complexity index is 1020. The van der Waals surface area contributed by atoms with Gasteiger partial charge in [-0.15, -0.1) is 0 Å². The number of carbonyl (C=O) groups is 1. The van der Waals surface area contributed by atoms with Gasteiger partial charge < -0.3 is 5.32 Å². The van der Waals surface area contributed by atoms with Crippen LogP contribution in [0.25, 0.3) is 16.8 Å². The number of benzene rings is 1. The Hall–Kier alpha value is -2.99. The second-order valence-electron chi connectivity index (χ2n) is 5.56. The normalized spacial score (nSPS) is 10.9. The molecule has 0 spiro atoms. The van der Waals surface area contributed by atoms with Crippen molar-refractivity contribution in [3.8, 4) is 11.3 Å². The van der Waals surface area contributed by atoms with Crippen LogP contribution in [0.5, 0.6) is 0 Å². The first-order chi connectivity index (χ1) is 12.2. The van der Waals surface area contributed by atoms with E-state index >= 15 is 0 Å². The molecule has 0 fully saturated rings. The van der Waals surface area contributed by atoms with Gasteiger partial charge in [0, 0.05) is 23.7 Å². The third-order valence-electron chi connectivity index (χ3n) is 3.91. The average Bonchev–Trinajstić information content (AvgIpc) is 3.28. The molecule has 124 valence electrons. The fourth-order valence-corrected chi connectivity index (χ4v) is 3.31. The summed E-state index contributed by atoms with van der Waals surface area (Å²) in [4.78, 5) is 17.2. The lowest BCUT2D eigenvalue weighted by Gasteiger charge is -2.04. The van der Waals surface area contributed by atoms with Crippen molar-refractivity contribution in [1.82, 2.24) is 14.7 Å². The number of fused-ring (bicyclic) bond motifs is 1. The lowest BCUT2D eigenvalue weighted by Crippen LogP contribution is -2.25. The van der Waals surface area contributed by atoms with Crippen LogP contribution < -0.4 is 5.32 Å². The minimum atomic E-state index is -0.297. The van der Waals surface area contributed by atoms with Crippen LogP contribution in [-0.4, -0.2) is 15.3 Å². The van der Waals surface area contributed by atoms with Crippen molar-refractivity contribution < 1.29 is 9.18 Å². The van der Waals surface area contributed by atoms with Crippen molar-refractivity contribution in [2.45, 2.75) is 6.54 Å². The molecular formula is C19H14FN3OS. The quantitative estimate of drug-likeness (QED) is 0.601. The van der Waals surface area contributed by atoms with Gasteiger partial charge in [0.05, 0.1) is 11.2 Å². The van der Waals surface area contributed by atoms with E-state index < -0.39 is 0 Å². The van der Waals surface area contributed by atoms with Gasteiger partial charge in [0.1, 0.15) is 5.82 Å². The largest absolute Gasteiger partial charge is 0.345 e. The van der Waals surface area contributed by atoms with E-state index in [4.69, 9.17) is 0 Å². The first-order valence-electron chi connectivity index (χ1n) is 7.74. The molecule has 3 aromatic heterocycles. The highest BCUT2D eigenvalue weighted by Gasteiger charge is 2.18. The van der Waals surface area contributed by atoms with E-state index in [-0.39, 0.29) is 11.7 Å².